The largest absolute Gasteiger partial charge is 0.325 e. The molecule has 1 aliphatic rings. The Labute approximate surface area is 170 Å². The molecule has 0 saturated carbocycles. The van der Waals surface area contributed by atoms with Gasteiger partial charge in [0.05, 0.1) is 28.0 Å². The van der Waals surface area contributed by atoms with E-state index >= 15 is 0 Å². The van der Waals surface area contributed by atoms with Crippen molar-refractivity contribution in [2.75, 3.05) is 5.32 Å². The lowest BCUT2D eigenvalue weighted by Gasteiger charge is -2.35. The summed E-state index contributed by atoms with van der Waals surface area (Å²) < 4.78 is 0. The van der Waals surface area contributed by atoms with E-state index in [1.165, 1.54) is 0 Å². The monoisotopic (exact) mass is 396 g/mol. The first-order valence-corrected chi connectivity index (χ1v) is 9.81. The van der Waals surface area contributed by atoms with Crippen LogP contribution in [0.1, 0.15) is 37.5 Å². The SMILES string of the molecule is Cc1cc(C)c(NC(=O)[C@H](C)SC2=C(C#N)C(C)(C)[C@H](C#N)C(=O)N2)c(C)c1. The van der Waals surface area contributed by atoms with Crippen molar-refractivity contribution in [1.29, 1.82) is 10.5 Å². The van der Waals surface area contributed by atoms with Gasteiger partial charge in [-0.05, 0) is 38.8 Å². The minimum Gasteiger partial charge on any atom is -0.325 e. The number of hydrogen-bond donors (Lipinski definition) is 2. The van der Waals surface area contributed by atoms with Crippen LogP contribution in [-0.2, 0) is 9.59 Å². The zero-order valence-corrected chi connectivity index (χ0v) is 17.7. The summed E-state index contributed by atoms with van der Waals surface area (Å²) in [6, 6.07) is 8.08. The molecule has 2 atom stereocenters. The molecule has 146 valence electrons. The first-order chi connectivity index (χ1) is 13.0. The molecule has 1 aromatic carbocycles. The summed E-state index contributed by atoms with van der Waals surface area (Å²) in [6.07, 6.45) is 0. The number of carbonyl (C=O) groups excluding carboxylic acids is 2. The fourth-order valence-corrected chi connectivity index (χ4v) is 4.45. The van der Waals surface area contributed by atoms with E-state index in [0.717, 1.165) is 34.1 Å². The number of anilines is 1. The zero-order chi connectivity index (χ0) is 21.2. The van der Waals surface area contributed by atoms with E-state index in [0.29, 0.717) is 10.6 Å². The quantitative estimate of drug-likeness (QED) is 0.807. The minimum atomic E-state index is -0.950. The maximum absolute atomic E-state index is 12.7. The number of hydrogen-bond acceptors (Lipinski definition) is 5. The van der Waals surface area contributed by atoms with Crippen molar-refractivity contribution in [3.8, 4) is 12.1 Å². The van der Waals surface area contributed by atoms with E-state index in [1.807, 2.05) is 39.0 Å². The first kappa shape index (κ1) is 21.5. The van der Waals surface area contributed by atoms with Crippen LogP contribution in [0.4, 0.5) is 5.69 Å². The van der Waals surface area contributed by atoms with Crippen molar-refractivity contribution in [3.05, 3.63) is 39.4 Å². The lowest BCUT2D eigenvalue weighted by Crippen LogP contribution is -2.45. The van der Waals surface area contributed by atoms with Gasteiger partial charge in [-0.15, -0.1) is 0 Å². The molecule has 2 N–H and O–H groups in total. The first-order valence-electron chi connectivity index (χ1n) is 8.93. The molecule has 0 aliphatic carbocycles. The second-order valence-corrected chi connectivity index (χ2v) is 8.96. The third-order valence-corrected chi connectivity index (χ3v) is 6.03. The minimum absolute atomic E-state index is 0.223. The van der Waals surface area contributed by atoms with Crippen molar-refractivity contribution in [2.45, 2.75) is 46.8 Å². The molecule has 7 heteroatoms. The van der Waals surface area contributed by atoms with Crippen LogP contribution in [0.3, 0.4) is 0 Å². The van der Waals surface area contributed by atoms with Gasteiger partial charge >= 0.3 is 0 Å². The third kappa shape index (κ3) is 4.05. The highest BCUT2D eigenvalue weighted by Gasteiger charge is 2.45. The van der Waals surface area contributed by atoms with Crippen LogP contribution in [-0.4, -0.2) is 17.1 Å². The summed E-state index contributed by atoms with van der Waals surface area (Å²) >= 11 is 1.12. The fourth-order valence-electron chi connectivity index (χ4n) is 3.35. The lowest BCUT2D eigenvalue weighted by atomic mass is 9.72. The van der Waals surface area contributed by atoms with Crippen LogP contribution >= 0.6 is 11.8 Å². The normalized spacial score (nSPS) is 19.3. The zero-order valence-electron chi connectivity index (χ0n) is 16.9. The maximum atomic E-state index is 12.7. The number of thioether (sulfide) groups is 1. The third-order valence-electron chi connectivity index (χ3n) is 4.92. The highest BCUT2D eigenvalue weighted by atomic mass is 32.2. The van der Waals surface area contributed by atoms with Crippen molar-refractivity contribution in [1.82, 2.24) is 5.32 Å². The molecular weight excluding hydrogens is 372 g/mol. The predicted molar refractivity (Wildman–Crippen MR) is 110 cm³/mol. The number of benzene rings is 1. The van der Waals surface area contributed by atoms with Gasteiger partial charge in [0.2, 0.25) is 11.8 Å². The summed E-state index contributed by atoms with van der Waals surface area (Å²) in [6.45, 7) is 11.0. The maximum Gasteiger partial charge on any atom is 0.243 e. The van der Waals surface area contributed by atoms with E-state index in [-0.39, 0.29) is 5.91 Å². The Morgan fingerprint density at radius 3 is 2.32 bits per heavy atom. The van der Waals surface area contributed by atoms with Gasteiger partial charge < -0.3 is 10.6 Å². The van der Waals surface area contributed by atoms with Crippen LogP contribution in [0.15, 0.2) is 22.7 Å². The molecule has 0 saturated heterocycles. The van der Waals surface area contributed by atoms with Gasteiger partial charge in [0, 0.05) is 11.1 Å². The number of nitriles is 2. The second kappa shape index (κ2) is 8.08. The molecule has 2 rings (SSSR count). The number of nitrogens with zero attached hydrogens (tertiary/aromatic N) is 2. The lowest BCUT2D eigenvalue weighted by molar-refractivity contribution is -0.125. The number of carbonyl (C=O) groups is 2. The highest BCUT2D eigenvalue weighted by molar-refractivity contribution is 8.04. The average molecular weight is 397 g/mol. The van der Waals surface area contributed by atoms with Crippen LogP contribution in [0, 0.1) is 54.8 Å². The molecule has 0 unspecified atom stereocenters. The molecule has 28 heavy (non-hydrogen) atoms. The standard InChI is InChI=1S/C21H24N4O2S/c1-11-7-12(2)17(13(3)8-11)24-18(26)14(4)28-20-16(10-23)21(5,6)15(9-22)19(27)25-20/h7-8,14-15H,1-6H3,(H,24,26)(H,25,27)/t14-,15+/m0/s1. The van der Waals surface area contributed by atoms with Gasteiger partial charge in [-0.2, -0.15) is 10.5 Å². The van der Waals surface area contributed by atoms with E-state index in [1.54, 1.807) is 20.8 Å². The van der Waals surface area contributed by atoms with Crippen molar-refractivity contribution < 1.29 is 9.59 Å². The smallest absolute Gasteiger partial charge is 0.243 e. The van der Waals surface area contributed by atoms with Gasteiger partial charge in [-0.1, -0.05) is 43.3 Å². The van der Waals surface area contributed by atoms with Crippen LogP contribution in [0.5, 0.6) is 0 Å². The Kier molecular flexibility index (Phi) is 6.21. The molecule has 0 radical (unpaired) electrons. The Morgan fingerprint density at radius 2 is 1.82 bits per heavy atom. The average Bonchev–Trinajstić information content (AvgIpc) is 2.57. The Morgan fingerprint density at radius 1 is 1.25 bits per heavy atom. The molecule has 6 nitrogen and oxygen atoms in total. The number of amides is 2. The van der Waals surface area contributed by atoms with Gasteiger partial charge in [0.25, 0.3) is 0 Å². The molecule has 1 aliphatic heterocycles. The van der Waals surface area contributed by atoms with Crippen molar-refractivity contribution >= 4 is 29.3 Å². The number of allylic oxidation sites excluding steroid dienone is 1. The molecule has 0 spiro atoms. The number of aryl methyl sites for hydroxylation is 3. The fraction of sp³-hybridized carbons (Fsp3) is 0.429. The van der Waals surface area contributed by atoms with Crippen molar-refractivity contribution in [3.63, 3.8) is 0 Å². The van der Waals surface area contributed by atoms with Crippen LogP contribution < -0.4 is 10.6 Å². The van der Waals surface area contributed by atoms with Gasteiger partial charge in [-0.25, -0.2) is 0 Å². The molecule has 0 bridgehead atoms. The molecule has 0 fully saturated rings. The summed E-state index contributed by atoms with van der Waals surface area (Å²) in [5.74, 6) is -1.63. The van der Waals surface area contributed by atoms with Gasteiger partial charge in [0.15, 0.2) is 0 Å². The topological polar surface area (TPSA) is 106 Å². The Balaban J connectivity index is 2.26. The van der Waals surface area contributed by atoms with Crippen LogP contribution in [0.25, 0.3) is 0 Å². The highest BCUT2D eigenvalue weighted by Crippen LogP contribution is 2.42. The van der Waals surface area contributed by atoms with Gasteiger partial charge in [0.1, 0.15) is 5.92 Å². The molecule has 0 aromatic heterocycles. The van der Waals surface area contributed by atoms with Crippen molar-refractivity contribution in [2.24, 2.45) is 11.3 Å². The molecule has 1 heterocycles. The predicted octanol–water partition coefficient (Wildman–Crippen LogP) is 3.70. The molecular formula is C21H24N4O2S. The summed E-state index contributed by atoms with van der Waals surface area (Å²) in [5, 5.41) is 24.3. The number of nitrogens with one attached hydrogen (secondary N) is 2. The Hall–Kier alpha value is -2.77. The molecule has 1 aromatic rings. The van der Waals surface area contributed by atoms with E-state index < -0.39 is 22.5 Å². The number of rotatable bonds is 4. The Bertz CT molecular complexity index is 927. The van der Waals surface area contributed by atoms with Gasteiger partial charge in [-0.3, -0.25) is 9.59 Å². The van der Waals surface area contributed by atoms with E-state index in [4.69, 9.17) is 0 Å². The van der Waals surface area contributed by atoms with E-state index in [2.05, 4.69) is 16.7 Å². The van der Waals surface area contributed by atoms with E-state index in [9.17, 15) is 20.1 Å². The summed E-state index contributed by atoms with van der Waals surface area (Å²) in [5.41, 5.74) is 3.24. The summed E-state index contributed by atoms with van der Waals surface area (Å²) in [4.78, 5) is 25.0. The molecule has 2 amide bonds. The van der Waals surface area contributed by atoms with Crippen LogP contribution in [0.2, 0.25) is 0 Å². The second-order valence-electron chi connectivity index (χ2n) is 7.61. The summed E-state index contributed by atoms with van der Waals surface area (Å²) in [7, 11) is 0.